The quantitative estimate of drug-likeness (QED) is 0.813. The van der Waals surface area contributed by atoms with E-state index >= 15 is 0 Å². The summed E-state index contributed by atoms with van der Waals surface area (Å²) < 4.78 is 36.3. The zero-order valence-corrected chi connectivity index (χ0v) is 13.7. The number of carbonyl (C=O) groups excluding carboxylic acids is 2. The second-order valence-electron chi connectivity index (χ2n) is 5.29. The molecule has 0 aliphatic carbocycles. The molecule has 2 aromatic rings. The van der Waals surface area contributed by atoms with Crippen LogP contribution in [0.3, 0.4) is 0 Å². The second-order valence-corrected chi connectivity index (χ2v) is 5.29. The minimum absolute atomic E-state index is 0.253. The van der Waals surface area contributed by atoms with Crippen LogP contribution in [0.2, 0.25) is 0 Å². The van der Waals surface area contributed by atoms with Crippen molar-refractivity contribution in [3.05, 3.63) is 60.2 Å². The first-order valence-corrected chi connectivity index (χ1v) is 7.54. The average Bonchev–Trinajstić information content (AvgIpc) is 2.56. The molecule has 0 radical (unpaired) electrons. The lowest BCUT2D eigenvalue weighted by atomic mass is 10.3. The summed E-state index contributed by atoms with van der Waals surface area (Å²) in [4.78, 5) is 24.0. The number of rotatable bonds is 6. The Morgan fingerprint density at radius 2 is 1.64 bits per heavy atom. The third-order valence-electron chi connectivity index (χ3n) is 3.21. The van der Waals surface area contributed by atoms with Crippen molar-refractivity contribution in [3.63, 3.8) is 0 Å². The van der Waals surface area contributed by atoms with Crippen LogP contribution in [0.25, 0.3) is 0 Å². The molecule has 1 N–H and O–H groups in total. The first-order chi connectivity index (χ1) is 11.8. The molecular weight excluding hydrogens is 332 g/mol. The molecule has 1 amide bonds. The van der Waals surface area contributed by atoms with E-state index < -0.39 is 35.7 Å². The Labute approximate surface area is 143 Å². The third kappa shape index (κ3) is 5.56. The maximum atomic E-state index is 13.1. The first kappa shape index (κ1) is 18.4. The number of esters is 1. The van der Waals surface area contributed by atoms with Gasteiger partial charge in [0.25, 0.3) is 5.91 Å². The number of halogens is 2. The predicted molar refractivity (Wildman–Crippen MR) is 87.1 cm³/mol. The van der Waals surface area contributed by atoms with Gasteiger partial charge in [-0.15, -0.1) is 0 Å². The van der Waals surface area contributed by atoms with E-state index in [1.165, 1.54) is 56.3 Å². The Bertz CT molecular complexity index is 749. The molecule has 5 nitrogen and oxygen atoms in total. The first-order valence-electron chi connectivity index (χ1n) is 7.54. The van der Waals surface area contributed by atoms with Crippen LogP contribution in [-0.4, -0.2) is 24.1 Å². The van der Waals surface area contributed by atoms with Crippen molar-refractivity contribution in [1.82, 2.24) is 0 Å². The summed E-state index contributed by atoms with van der Waals surface area (Å²) in [6.45, 7) is 2.83. The number of hydrogen-bond acceptors (Lipinski definition) is 4. The van der Waals surface area contributed by atoms with Gasteiger partial charge in [0, 0.05) is 5.69 Å². The van der Waals surface area contributed by atoms with Gasteiger partial charge in [-0.25, -0.2) is 13.6 Å². The molecule has 0 fully saturated rings. The molecular formula is C18H17F2NO4. The molecule has 0 unspecified atom stereocenters. The van der Waals surface area contributed by atoms with Crippen molar-refractivity contribution in [2.75, 3.05) is 5.32 Å². The summed E-state index contributed by atoms with van der Waals surface area (Å²) >= 11 is 0. The van der Waals surface area contributed by atoms with E-state index in [2.05, 4.69) is 5.32 Å². The number of carbonyl (C=O) groups is 2. The lowest BCUT2D eigenvalue weighted by molar-refractivity contribution is -0.159. The Hall–Kier alpha value is -2.96. The number of nitrogens with one attached hydrogen (secondary N) is 1. The Morgan fingerprint density at radius 1 is 0.960 bits per heavy atom. The van der Waals surface area contributed by atoms with Crippen molar-refractivity contribution in [2.45, 2.75) is 26.1 Å². The largest absolute Gasteiger partial charge is 0.479 e. The summed E-state index contributed by atoms with van der Waals surface area (Å²) in [5.74, 6) is -1.99. The predicted octanol–water partition coefficient (Wildman–Crippen LogP) is 3.30. The van der Waals surface area contributed by atoms with Crippen LogP contribution in [0.15, 0.2) is 48.5 Å². The molecule has 0 heterocycles. The van der Waals surface area contributed by atoms with E-state index in [1.807, 2.05) is 0 Å². The molecule has 0 saturated carbocycles. The molecule has 2 rings (SSSR count). The van der Waals surface area contributed by atoms with Crippen molar-refractivity contribution in [1.29, 1.82) is 0 Å². The number of ether oxygens (including phenoxy) is 2. The number of hydrogen-bond donors (Lipinski definition) is 1. The Kier molecular flexibility index (Phi) is 6.05. The van der Waals surface area contributed by atoms with Crippen LogP contribution >= 0.6 is 0 Å². The second kappa shape index (κ2) is 8.23. The highest BCUT2D eigenvalue weighted by molar-refractivity contribution is 5.95. The summed E-state index contributed by atoms with van der Waals surface area (Å²) in [6, 6.07) is 10.5. The lowest BCUT2D eigenvalue weighted by Gasteiger charge is -2.17. The van der Waals surface area contributed by atoms with Crippen LogP contribution in [0.5, 0.6) is 5.75 Å². The SMILES string of the molecule is C[C@H](OC(=O)[C@H](C)Oc1ccc(F)cc1)C(=O)Nc1cccc(F)c1. The molecule has 0 bridgehead atoms. The van der Waals surface area contributed by atoms with Gasteiger partial charge in [0.15, 0.2) is 12.2 Å². The summed E-state index contributed by atoms with van der Waals surface area (Å²) in [5, 5.41) is 2.44. The molecule has 0 spiro atoms. The third-order valence-corrected chi connectivity index (χ3v) is 3.21. The topological polar surface area (TPSA) is 64.6 Å². The van der Waals surface area contributed by atoms with Gasteiger partial charge >= 0.3 is 5.97 Å². The monoisotopic (exact) mass is 349 g/mol. The van der Waals surface area contributed by atoms with Crippen LogP contribution < -0.4 is 10.1 Å². The van der Waals surface area contributed by atoms with Crippen molar-refractivity contribution >= 4 is 17.6 Å². The van der Waals surface area contributed by atoms with E-state index in [4.69, 9.17) is 9.47 Å². The maximum absolute atomic E-state index is 13.1. The summed E-state index contributed by atoms with van der Waals surface area (Å²) in [5.41, 5.74) is 0.253. The smallest absolute Gasteiger partial charge is 0.347 e. The zero-order chi connectivity index (χ0) is 18.4. The van der Waals surface area contributed by atoms with Crippen LogP contribution in [-0.2, 0) is 14.3 Å². The number of anilines is 1. The van der Waals surface area contributed by atoms with Crippen molar-refractivity contribution < 1.29 is 27.8 Å². The highest BCUT2D eigenvalue weighted by atomic mass is 19.1. The molecule has 0 aliphatic heterocycles. The minimum atomic E-state index is -1.10. The maximum Gasteiger partial charge on any atom is 0.347 e. The molecule has 0 aromatic heterocycles. The van der Waals surface area contributed by atoms with E-state index in [-0.39, 0.29) is 5.69 Å². The van der Waals surface area contributed by atoms with Crippen molar-refractivity contribution in [2.24, 2.45) is 0 Å². The van der Waals surface area contributed by atoms with Gasteiger partial charge in [-0.1, -0.05) is 6.07 Å². The van der Waals surface area contributed by atoms with Crippen LogP contribution in [0, 0.1) is 11.6 Å². The van der Waals surface area contributed by atoms with Gasteiger partial charge in [-0.3, -0.25) is 4.79 Å². The van der Waals surface area contributed by atoms with Crippen LogP contribution in [0.4, 0.5) is 14.5 Å². The van der Waals surface area contributed by atoms with Gasteiger partial charge in [0.05, 0.1) is 0 Å². The summed E-state index contributed by atoms with van der Waals surface area (Å²) in [6.07, 6.45) is -2.09. The van der Waals surface area contributed by atoms with E-state index in [0.717, 1.165) is 6.07 Å². The van der Waals surface area contributed by atoms with Crippen molar-refractivity contribution in [3.8, 4) is 5.75 Å². The standard InChI is InChI=1S/C18H17F2NO4/c1-11(17(22)21-15-5-3-4-14(20)10-15)25-18(23)12(2)24-16-8-6-13(19)7-9-16/h3-12H,1-2H3,(H,21,22)/t11-,12-/m0/s1. The fourth-order valence-electron chi connectivity index (χ4n) is 1.90. The Morgan fingerprint density at radius 3 is 2.28 bits per heavy atom. The molecule has 132 valence electrons. The van der Waals surface area contributed by atoms with Gasteiger partial charge in [0.2, 0.25) is 0 Å². The molecule has 0 aliphatic rings. The number of amides is 1. The molecule has 7 heteroatoms. The normalized spacial score (nSPS) is 12.8. The minimum Gasteiger partial charge on any atom is -0.479 e. The van der Waals surface area contributed by atoms with Gasteiger partial charge in [-0.05, 0) is 56.3 Å². The highest BCUT2D eigenvalue weighted by Crippen LogP contribution is 2.14. The Balaban J connectivity index is 1.87. The van der Waals surface area contributed by atoms with E-state index in [0.29, 0.717) is 5.75 Å². The van der Waals surface area contributed by atoms with Gasteiger partial charge in [-0.2, -0.15) is 0 Å². The van der Waals surface area contributed by atoms with Gasteiger partial charge in [0.1, 0.15) is 17.4 Å². The fraction of sp³-hybridized carbons (Fsp3) is 0.222. The molecule has 0 saturated heterocycles. The molecule has 25 heavy (non-hydrogen) atoms. The van der Waals surface area contributed by atoms with E-state index in [9.17, 15) is 18.4 Å². The highest BCUT2D eigenvalue weighted by Gasteiger charge is 2.23. The lowest BCUT2D eigenvalue weighted by Crippen LogP contribution is -2.35. The zero-order valence-electron chi connectivity index (χ0n) is 13.7. The molecule has 2 atom stereocenters. The summed E-state index contributed by atoms with van der Waals surface area (Å²) in [7, 11) is 0. The van der Waals surface area contributed by atoms with E-state index in [1.54, 1.807) is 0 Å². The van der Waals surface area contributed by atoms with Crippen LogP contribution in [0.1, 0.15) is 13.8 Å². The average molecular weight is 349 g/mol. The molecule has 2 aromatic carbocycles. The fourth-order valence-corrected chi connectivity index (χ4v) is 1.90. The van der Waals surface area contributed by atoms with Gasteiger partial charge < -0.3 is 14.8 Å². The number of benzene rings is 2.